The lowest BCUT2D eigenvalue weighted by atomic mass is 10.1. The maximum atomic E-state index is 11.8. The summed E-state index contributed by atoms with van der Waals surface area (Å²) in [4.78, 5) is 20.2. The first-order valence-corrected chi connectivity index (χ1v) is 6.94. The van der Waals surface area contributed by atoms with Crippen molar-refractivity contribution < 1.29 is 4.79 Å². The highest BCUT2D eigenvalue weighted by Gasteiger charge is 2.07. The van der Waals surface area contributed by atoms with Crippen LogP contribution in [0.25, 0.3) is 0 Å². The van der Waals surface area contributed by atoms with Crippen molar-refractivity contribution in [3.63, 3.8) is 0 Å². The van der Waals surface area contributed by atoms with Crippen molar-refractivity contribution in [2.24, 2.45) is 0 Å². The molecule has 92 valence electrons. The highest BCUT2D eigenvalue weighted by molar-refractivity contribution is 9.10. The van der Waals surface area contributed by atoms with E-state index in [0.717, 1.165) is 20.3 Å². The predicted molar refractivity (Wildman–Crippen MR) is 76.3 cm³/mol. The minimum absolute atomic E-state index is 0.111. The molecule has 0 radical (unpaired) electrons. The molecule has 3 nitrogen and oxygen atoms in total. The standard InChI is InChI=1S/C13H10Br2N2O/c14-9-1-3-11(16-7-9)5-13(18)6-12-4-2-10(15)8-17-12/h1-4,7-8H,5-6H2. The van der Waals surface area contributed by atoms with Crippen LogP contribution >= 0.6 is 31.9 Å². The highest BCUT2D eigenvalue weighted by Crippen LogP contribution is 2.10. The van der Waals surface area contributed by atoms with E-state index >= 15 is 0 Å². The van der Waals surface area contributed by atoms with Crippen LogP contribution in [-0.4, -0.2) is 15.8 Å². The van der Waals surface area contributed by atoms with E-state index in [9.17, 15) is 4.79 Å². The monoisotopic (exact) mass is 368 g/mol. The molecule has 0 amide bonds. The van der Waals surface area contributed by atoms with Gasteiger partial charge in [-0.2, -0.15) is 0 Å². The summed E-state index contributed by atoms with van der Waals surface area (Å²) in [5.74, 6) is 0.111. The normalized spacial score (nSPS) is 10.3. The van der Waals surface area contributed by atoms with E-state index < -0.39 is 0 Å². The van der Waals surface area contributed by atoms with Crippen molar-refractivity contribution in [1.82, 2.24) is 9.97 Å². The second-order valence-corrected chi connectivity index (χ2v) is 5.66. The first-order chi connectivity index (χ1) is 8.63. The SMILES string of the molecule is O=C(Cc1ccc(Br)cn1)Cc1ccc(Br)cn1. The summed E-state index contributed by atoms with van der Waals surface area (Å²) in [5.41, 5.74) is 1.56. The van der Waals surface area contributed by atoms with Gasteiger partial charge in [0.15, 0.2) is 0 Å². The Labute approximate surface area is 122 Å². The second-order valence-electron chi connectivity index (χ2n) is 3.83. The summed E-state index contributed by atoms with van der Waals surface area (Å²) >= 11 is 6.62. The number of pyridine rings is 2. The van der Waals surface area contributed by atoms with Gasteiger partial charge in [0.2, 0.25) is 0 Å². The molecule has 0 fully saturated rings. The molecule has 0 spiro atoms. The zero-order valence-electron chi connectivity index (χ0n) is 9.44. The van der Waals surface area contributed by atoms with Crippen LogP contribution < -0.4 is 0 Å². The van der Waals surface area contributed by atoms with Crippen LogP contribution in [-0.2, 0) is 17.6 Å². The molecule has 0 aliphatic carbocycles. The number of nitrogens with zero attached hydrogens (tertiary/aromatic N) is 2. The number of carbonyl (C=O) groups is 1. The first kappa shape index (κ1) is 13.4. The molecule has 5 heteroatoms. The Hall–Kier alpha value is -1.07. The number of hydrogen-bond acceptors (Lipinski definition) is 3. The lowest BCUT2D eigenvalue weighted by Crippen LogP contribution is -2.08. The van der Waals surface area contributed by atoms with Gasteiger partial charge in [-0.3, -0.25) is 14.8 Å². The summed E-state index contributed by atoms with van der Waals surface area (Å²) in [6.07, 6.45) is 4.07. The van der Waals surface area contributed by atoms with Crippen molar-refractivity contribution in [1.29, 1.82) is 0 Å². The quantitative estimate of drug-likeness (QED) is 0.829. The van der Waals surface area contributed by atoms with Crippen LogP contribution in [0.2, 0.25) is 0 Å². The van der Waals surface area contributed by atoms with Gasteiger partial charge in [-0.25, -0.2) is 0 Å². The molecule has 0 aliphatic rings. The van der Waals surface area contributed by atoms with Gasteiger partial charge in [-0.1, -0.05) is 0 Å². The minimum Gasteiger partial charge on any atom is -0.299 e. The number of carbonyl (C=O) groups excluding carboxylic acids is 1. The van der Waals surface area contributed by atoms with Crippen molar-refractivity contribution in [3.8, 4) is 0 Å². The smallest absolute Gasteiger partial charge is 0.144 e. The molecule has 0 bridgehead atoms. The number of hydrogen-bond donors (Lipinski definition) is 0. The van der Waals surface area contributed by atoms with Crippen molar-refractivity contribution in [2.75, 3.05) is 0 Å². The molecule has 18 heavy (non-hydrogen) atoms. The largest absolute Gasteiger partial charge is 0.299 e. The zero-order valence-corrected chi connectivity index (χ0v) is 12.6. The van der Waals surface area contributed by atoms with Crippen LogP contribution in [0.5, 0.6) is 0 Å². The molecule has 0 aromatic carbocycles. The van der Waals surface area contributed by atoms with E-state index in [4.69, 9.17) is 0 Å². The third-order valence-corrected chi connectivity index (χ3v) is 3.27. The third kappa shape index (κ3) is 3.99. The predicted octanol–water partition coefficient (Wildman–Crippen LogP) is 3.36. The van der Waals surface area contributed by atoms with Gasteiger partial charge in [0.05, 0.1) is 0 Å². The second kappa shape index (κ2) is 6.20. The van der Waals surface area contributed by atoms with Crippen LogP contribution in [0.4, 0.5) is 0 Å². The summed E-state index contributed by atoms with van der Waals surface area (Å²) in [5, 5.41) is 0. The molecular formula is C13H10Br2N2O. The van der Waals surface area contributed by atoms with E-state index in [1.807, 2.05) is 24.3 Å². The fraction of sp³-hybridized carbons (Fsp3) is 0.154. The lowest BCUT2D eigenvalue weighted by Gasteiger charge is -2.01. The van der Waals surface area contributed by atoms with E-state index in [2.05, 4.69) is 41.8 Å². The average Bonchev–Trinajstić information content (AvgIpc) is 2.35. The number of rotatable bonds is 4. The Morgan fingerprint density at radius 1 is 0.889 bits per heavy atom. The van der Waals surface area contributed by atoms with Gasteiger partial charge < -0.3 is 0 Å². The molecule has 0 saturated carbocycles. The summed E-state index contributed by atoms with van der Waals surface area (Å²) in [7, 11) is 0. The van der Waals surface area contributed by atoms with Gasteiger partial charge in [0.1, 0.15) is 5.78 Å². The number of halogens is 2. The maximum absolute atomic E-state index is 11.8. The topological polar surface area (TPSA) is 42.9 Å². The van der Waals surface area contributed by atoms with Gasteiger partial charge in [0.25, 0.3) is 0 Å². The fourth-order valence-electron chi connectivity index (χ4n) is 1.49. The van der Waals surface area contributed by atoms with Crippen LogP contribution in [0.3, 0.4) is 0 Å². The molecule has 0 atom stereocenters. The van der Waals surface area contributed by atoms with Crippen LogP contribution in [0, 0.1) is 0 Å². The Bertz CT molecular complexity index is 488. The summed E-state index contributed by atoms with van der Waals surface area (Å²) in [6, 6.07) is 7.45. The molecule has 0 aliphatic heterocycles. The van der Waals surface area contributed by atoms with E-state index in [1.165, 1.54) is 0 Å². The summed E-state index contributed by atoms with van der Waals surface area (Å²) < 4.78 is 1.82. The number of Topliss-reactive ketones (excluding diaryl/α,β-unsaturated/α-hetero) is 1. The van der Waals surface area contributed by atoms with Crippen molar-refractivity contribution in [3.05, 3.63) is 57.0 Å². The lowest BCUT2D eigenvalue weighted by molar-refractivity contribution is -0.117. The average molecular weight is 370 g/mol. The van der Waals surface area contributed by atoms with E-state index in [1.54, 1.807) is 12.4 Å². The molecule has 2 aromatic heterocycles. The minimum atomic E-state index is 0.111. The molecule has 0 N–H and O–H groups in total. The molecule has 2 aromatic rings. The summed E-state index contributed by atoms with van der Waals surface area (Å²) in [6.45, 7) is 0. The van der Waals surface area contributed by atoms with Crippen molar-refractivity contribution >= 4 is 37.6 Å². The zero-order chi connectivity index (χ0) is 13.0. The van der Waals surface area contributed by atoms with Crippen LogP contribution in [0.15, 0.2) is 45.6 Å². The Morgan fingerprint density at radius 2 is 1.33 bits per heavy atom. The number of aromatic nitrogens is 2. The van der Waals surface area contributed by atoms with Crippen LogP contribution in [0.1, 0.15) is 11.4 Å². The van der Waals surface area contributed by atoms with Gasteiger partial charge in [-0.05, 0) is 56.1 Å². The highest BCUT2D eigenvalue weighted by atomic mass is 79.9. The molecule has 2 rings (SSSR count). The Balaban J connectivity index is 1.96. The third-order valence-electron chi connectivity index (χ3n) is 2.33. The molecule has 2 heterocycles. The Kier molecular flexibility index (Phi) is 4.60. The van der Waals surface area contributed by atoms with Gasteiger partial charge >= 0.3 is 0 Å². The number of ketones is 1. The van der Waals surface area contributed by atoms with Crippen molar-refractivity contribution in [2.45, 2.75) is 12.8 Å². The first-order valence-electron chi connectivity index (χ1n) is 5.36. The Morgan fingerprint density at radius 3 is 1.67 bits per heavy atom. The maximum Gasteiger partial charge on any atom is 0.144 e. The van der Waals surface area contributed by atoms with E-state index in [0.29, 0.717) is 12.8 Å². The van der Waals surface area contributed by atoms with Gasteiger partial charge in [0, 0.05) is 45.6 Å². The van der Waals surface area contributed by atoms with E-state index in [-0.39, 0.29) is 5.78 Å². The molecular weight excluding hydrogens is 360 g/mol. The van der Waals surface area contributed by atoms with Gasteiger partial charge in [-0.15, -0.1) is 0 Å². The molecule has 0 saturated heterocycles. The molecule has 0 unspecified atom stereocenters. The fourth-order valence-corrected chi connectivity index (χ4v) is 1.96.